The van der Waals surface area contributed by atoms with Gasteiger partial charge in [0.25, 0.3) is 0 Å². The van der Waals surface area contributed by atoms with Gasteiger partial charge in [-0.1, -0.05) is 121 Å². The molecular formula is C50H38. The Morgan fingerprint density at radius 1 is 0.360 bits per heavy atom. The molecule has 4 fully saturated rings. The molecule has 238 valence electrons. The Balaban J connectivity index is 1.13. The van der Waals surface area contributed by atoms with Crippen LogP contribution in [0.15, 0.2) is 146 Å². The summed E-state index contributed by atoms with van der Waals surface area (Å²) in [5.74, 6) is 3.39. The van der Waals surface area contributed by atoms with Crippen molar-refractivity contribution in [2.24, 2.45) is 23.7 Å². The molecule has 0 radical (unpaired) electrons. The summed E-state index contributed by atoms with van der Waals surface area (Å²) in [5, 5.41) is 10.6. The normalized spacial score (nSPS) is 24.5. The fourth-order valence-corrected chi connectivity index (χ4v) is 12.1. The molecule has 0 heterocycles. The van der Waals surface area contributed by atoms with E-state index in [0.717, 1.165) is 23.7 Å². The Labute approximate surface area is 293 Å². The molecule has 8 aromatic rings. The Hall–Kier alpha value is -5.20. The van der Waals surface area contributed by atoms with Crippen molar-refractivity contribution in [1.82, 2.24) is 0 Å². The lowest BCUT2D eigenvalue weighted by molar-refractivity contribution is -0.0398. The molecule has 50 heavy (non-hydrogen) atoms. The molecule has 0 atom stereocenters. The topological polar surface area (TPSA) is 0 Å². The molecule has 5 aliphatic carbocycles. The third-order valence-electron chi connectivity index (χ3n) is 13.8. The average molecular weight is 639 g/mol. The van der Waals surface area contributed by atoms with Crippen molar-refractivity contribution in [2.45, 2.75) is 37.5 Å². The summed E-state index contributed by atoms with van der Waals surface area (Å²) in [7, 11) is 0. The molecule has 1 spiro atoms. The lowest BCUT2D eigenvalue weighted by atomic mass is 9.43. The van der Waals surface area contributed by atoms with E-state index in [1.54, 1.807) is 11.1 Å². The van der Waals surface area contributed by atoms with E-state index in [9.17, 15) is 0 Å². The van der Waals surface area contributed by atoms with Gasteiger partial charge in [0.2, 0.25) is 0 Å². The Morgan fingerprint density at radius 3 is 1.42 bits per heavy atom. The van der Waals surface area contributed by atoms with Crippen LogP contribution >= 0.6 is 0 Å². The predicted octanol–water partition coefficient (Wildman–Crippen LogP) is 13.4. The second-order valence-corrected chi connectivity index (χ2v) is 16.1. The van der Waals surface area contributed by atoms with Gasteiger partial charge in [0.1, 0.15) is 0 Å². The van der Waals surface area contributed by atoms with Crippen LogP contribution < -0.4 is 0 Å². The van der Waals surface area contributed by atoms with E-state index < -0.39 is 0 Å². The lowest BCUT2D eigenvalue weighted by Crippen LogP contribution is -2.55. The Morgan fingerprint density at radius 2 is 0.820 bits per heavy atom. The third-order valence-corrected chi connectivity index (χ3v) is 13.8. The highest BCUT2D eigenvalue weighted by Crippen LogP contribution is 2.69. The molecule has 0 heteroatoms. The van der Waals surface area contributed by atoms with E-state index in [0.29, 0.717) is 0 Å². The second-order valence-electron chi connectivity index (χ2n) is 16.1. The molecule has 0 N–H and O–H groups in total. The second kappa shape index (κ2) is 9.95. The van der Waals surface area contributed by atoms with Gasteiger partial charge in [0.05, 0.1) is 0 Å². The van der Waals surface area contributed by atoms with Crippen molar-refractivity contribution in [2.75, 3.05) is 0 Å². The highest BCUT2D eigenvalue weighted by atomic mass is 14.6. The zero-order valence-electron chi connectivity index (χ0n) is 28.2. The molecular weight excluding hydrogens is 601 g/mol. The third kappa shape index (κ3) is 3.57. The van der Waals surface area contributed by atoms with Crippen LogP contribution in [0, 0.1) is 23.7 Å². The summed E-state index contributed by atoms with van der Waals surface area (Å²) in [6.45, 7) is 0. The maximum absolute atomic E-state index is 2.62. The van der Waals surface area contributed by atoms with Gasteiger partial charge >= 0.3 is 0 Å². The van der Waals surface area contributed by atoms with Crippen LogP contribution in [0.1, 0.15) is 43.2 Å². The maximum Gasteiger partial charge on any atom is 0.0272 e. The summed E-state index contributed by atoms with van der Waals surface area (Å²) >= 11 is 0. The molecule has 0 saturated heterocycles. The minimum atomic E-state index is 0.157. The summed E-state index contributed by atoms with van der Waals surface area (Å²) in [6, 6.07) is 55.9. The highest BCUT2D eigenvalue weighted by Gasteiger charge is 2.61. The zero-order valence-corrected chi connectivity index (χ0v) is 28.2. The molecule has 0 aliphatic heterocycles. The first kappa shape index (κ1) is 27.6. The molecule has 5 aliphatic rings. The number of rotatable bonds is 2. The van der Waals surface area contributed by atoms with Gasteiger partial charge in [-0.25, -0.2) is 0 Å². The van der Waals surface area contributed by atoms with Gasteiger partial charge in [0, 0.05) is 5.41 Å². The van der Waals surface area contributed by atoms with Crippen LogP contribution in [0.25, 0.3) is 76.5 Å². The minimum absolute atomic E-state index is 0.157. The largest absolute Gasteiger partial charge is 0.0616 e. The molecule has 13 rings (SSSR count). The first-order chi connectivity index (χ1) is 24.7. The fraction of sp³-hybridized carbons (Fsp3) is 0.200. The molecule has 0 unspecified atom stereocenters. The number of benzene rings is 8. The van der Waals surface area contributed by atoms with Gasteiger partial charge in [-0.3, -0.25) is 0 Å². The van der Waals surface area contributed by atoms with Crippen molar-refractivity contribution in [3.05, 3.63) is 157 Å². The molecule has 8 aromatic carbocycles. The number of hydrogen-bond acceptors (Lipinski definition) is 0. The van der Waals surface area contributed by atoms with E-state index in [1.165, 1.54) is 109 Å². The van der Waals surface area contributed by atoms with Gasteiger partial charge in [-0.2, -0.15) is 0 Å². The van der Waals surface area contributed by atoms with Crippen molar-refractivity contribution in [3.8, 4) is 33.4 Å². The lowest BCUT2D eigenvalue weighted by Gasteiger charge is -2.61. The number of fused-ring (bicyclic) bond motifs is 7. The van der Waals surface area contributed by atoms with Crippen LogP contribution in [0.2, 0.25) is 0 Å². The molecule has 4 bridgehead atoms. The van der Waals surface area contributed by atoms with Gasteiger partial charge in [-0.15, -0.1) is 0 Å². The van der Waals surface area contributed by atoms with Gasteiger partial charge in [0.15, 0.2) is 0 Å². The summed E-state index contributed by atoms with van der Waals surface area (Å²) in [4.78, 5) is 0. The summed E-state index contributed by atoms with van der Waals surface area (Å²) in [5.41, 5.74) is 11.7. The maximum atomic E-state index is 2.62. The SMILES string of the molecule is c1ccc2cc(-c3c4ccccc4c(-c4ccc5c(c4)-c4cc6ccccc6cc4C54C5CC6CC(C5)CC4C6)c4ccccc34)ccc2c1. The van der Waals surface area contributed by atoms with Crippen molar-refractivity contribution in [1.29, 1.82) is 0 Å². The average Bonchev–Trinajstić information content (AvgIpc) is 3.43. The predicted molar refractivity (Wildman–Crippen MR) is 211 cm³/mol. The first-order valence-electron chi connectivity index (χ1n) is 18.9. The van der Waals surface area contributed by atoms with E-state index in [1.807, 2.05) is 0 Å². The minimum Gasteiger partial charge on any atom is -0.0616 e. The Bertz CT molecular complexity index is 2640. The quantitative estimate of drug-likeness (QED) is 0.165. The van der Waals surface area contributed by atoms with Crippen LogP contribution in [0.4, 0.5) is 0 Å². The monoisotopic (exact) mass is 638 g/mol. The van der Waals surface area contributed by atoms with Crippen LogP contribution in [-0.2, 0) is 5.41 Å². The summed E-state index contributed by atoms with van der Waals surface area (Å²) in [6.07, 6.45) is 7.12. The fourth-order valence-electron chi connectivity index (χ4n) is 12.1. The smallest absolute Gasteiger partial charge is 0.0272 e. The zero-order chi connectivity index (χ0) is 32.6. The van der Waals surface area contributed by atoms with Gasteiger partial charge in [-0.05, 0) is 168 Å². The number of hydrogen-bond donors (Lipinski definition) is 0. The first-order valence-corrected chi connectivity index (χ1v) is 18.9. The van der Waals surface area contributed by atoms with Crippen molar-refractivity contribution in [3.63, 3.8) is 0 Å². The van der Waals surface area contributed by atoms with Crippen LogP contribution in [-0.4, -0.2) is 0 Å². The van der Waals surface area contributed by atoms with Crippen LogP contribution in [0.5, 0.6) is 0 Å². The van der Waals surface area contributed by atoms with Crippen LogP contribution in [0.3, 0.4) is 0 Å². The Kier molecular flexibility index (Phi) is 5.49. The van der Waals surface area contributed by atoms with E-state index in [4.69, 9.17) is 0 Å². The standard InChI is InChI=1S/C50H38/c1-2-10-33-26-36(18-17-32(33)9-1)48-40-13-5-7-15-42(40)49(43-16-8-6-14-41(43)48)37-19-20-46-44(28-37)45-27-34-11-3-4-12-35(34)29-47(45)50(46)38-22-30-21-31(24-38)25-39(50)23-30/h1-20,26-31,38-39H,21-25H2. The van der Waals surface area contributed by atoms with E-state index in [2.05, 4.69) is 146 Å². The molecule has 0 amide bonds. The van der Waals surface area contributed by atoms with Crippen molar-refractivity contribution >= 4 is 43.1 Å². The molecule has 0 nitrogen and oxygen atoms in total. The van der Waals surface area contributed by atoms with Gasteiger partial charge < -0.3 is 0 Å². The van der Waals surface area contributed by atoms with Crippen molar-refractivity contribution < 1.29 is 0 Å². The highest BCUT2D eigenvalue weighted by molar-refractivity contribution is 6.22. The molecule has 0 aromatic heterocycles. The molecule has 4 saturated carbocycles. The van der Waals surface area contributed by atoms with E-state index in [-0.39, 0.29) is 5.41 Å². The van der Waals surface area contributed by atoms with E-state index >= 15 is 0 Å². The summed E-state index contributed by atoms with van der Waals surface area (Å²) < 4.78 is 0.